The van der Waals surface area contributed by atoms with Crippen molar-refractivity contribution in [3.05, 3.63) is 95.6 Å². The number of rotatable bonds is 12. The molecule has 14 heteroatoms. The van der Waals surface area contributed by atoms with E-state index in [2.05, 4.69) is 14.7 Å². The third kappa shape index (κ3) is 11.0. The largest absolute Gasteiger partial charge is 0.481 e. The van der Waals surface area contributed by atoms with Gasteiger partial charge < -0.3 is 19.0 Å². The van der Waals surface area contributed by atoms with Crippen LogP contribution in [0, 0.1) is 23.3 Å². The van der Waals surface area contributed by atoms with Crippen LogP contribution in [0.1, 0.15) is 24.0 Å². The van der Waals surface area contributed by atoms with Gasteiger partial charge in [-0.25, -0.2) is 27.5 Å². The summed E-state index contributed by atoms with van der Waals surface area (Å²) in [6, 6.07) is 6.74. The summed E-state index contributed by atoms with van der Waals surface area (Å²) in [6.45, 7) is 0.597. The summed E-state index contributed by atoms with van der Waals surface area (Å²) in [6.07, 6.45) is 6.90. The van der Waals surface area contributed by atoms with Gasteiger partial charge in [-0.3, -0.25) is 9.59 Å². The molecule has 0 radical (unpaired) electrons. The Morgan fingerprint density at radius 2 is 1.17 bits per heavy atom. The quantitative estimate of drug-likeness (QED) is 0.125. The van der Waals surface area contributed by atoms with Gasteiger partial charge in [-0.05, 0) is 35.4 Å². The summed E-state index contributed by atoms with van der Waals surface area (Å²) in [5.41, 5.74) is 1.00. The second-order valence-corrected chi connectivity index (χ2v) is 10.5. The summed E-state index contributed by atoms with van der Waals surface area (Å²) in [4.78, 5) is 29.8. The van der Waals surface area contributed by atoms with Gasteiger partial charge in [0.05, 0.1) is 20.0 Å². The van der Waals surface area contributed by atoms with Crippen LogP contribution in [0.4, 0.5) is 17.6 Å². The number of methoxy groups -OCH3 is 1. The Hall–Kier alpha value is -3.78. The van der Waals surface area contributed by atoms with Crippen LogP contribution in [0.2, 0.25) is 0 Å². The Bertz CT molecular complexity index is 1420. The SMILES string of the molecule is COC(=O)CCSc1nccn1Cc1cc(F)cc(F)c1.O=C(O)CCSc1nccn1Cc1cc(F)cc(F)c1. The molecule has 0 bridgehead atoms. The number of carboxylic acid groups (broad SMARTS) is 1. The van der Waals surface area contributed by atoms with Gasteiger partial charge >= 0.3 is 11.9 Å². The molecule has 0 saturated carbocycles. The lowest BCUT2D eigenvalue weighted by molar-refractivity contribution is -0.140. The summed E-state index contributed by atoms with van der Waals surface area (Å²) >= 11 is 2.68. The smallest absolute Gasteiger partial charge is 0.306 e. The maximum absolute atomic E-state index is 13.2. The second kappa shape index (κ2) is 15.9. The van der Waals surface area contributed by atoms with Crippen LogP contribution >= 0.6 is 23.5 Å². The molecule has 2 aromatic carbocycles. The number of aliphatic carboxylic acids is 1. The summed E-state index contributed by atoms with van der Waals surface area (Å²) in [5, 5.41) is 9.89. The van der Waals surface area contributed by atoms with Gasteiger partial charge in [-0.1, -0.05) is 23.5 Å². The Balaban J connectivity index is 0.000000226. The molecule has 2 heterocycles. The minimum Gasteiger partial charge on any atom is -0.481 e. The third-order valence-electron chi connectivity index (χ3n) is 5.22. The molecule has 0 spiro atoms. The Kier molecular flexibility index (Phi) is 12.3. The Morgan fingerprint density at radius 3 is 1.56 bits per heavy atom. The zero-order chi connectivity index (χ0) is 29.8. The van der Waals surface area contributed by atoms with E-state index in [1.54, 1.807) is 33.9 Å². The van der Waals surface area contributed by atoms with Crippen molar-refractivity contribution < 1.29 is 37.0 Å². The van der Waals surface area contributed by atoms with Crippen LogP contribution in [0.5, 0.6) is 0 Å². The van der Waals surface area contributed by atoms with Gasteiger partial charge in [0.1, 0.15) is 23.3 Å². The van der Waals surface area contributed by atoms with Crippen LogP contribution in [-0.2, 0) is 27.4 Å². The molecule has 4 rings (SSSR count). The molecule has 8 nitrogen and oxygen atoms in total. The molecule has 0 atom stereocenters. The first kappa shape index (κ1) is 31.7. The average Bonchev–Trinajstić information content (AvgIpc) is 3.52. The number of aromatic nitrogens is 4. The van der Waals surface area contributed by atoms with Crippen molar-refractivity contribution in [1.29, 1.82) is 0 Å². The number of nitrogens with zero attached hydrogens (tertiary/aromatic N) is 4. The molecule has 41 heavy (non-hydrogen) atoms. The second-order valence-electron chi connectivity index (χ2n) is 8.40. The summed E-state index contributed by atoms with van der Waals surface area (Å²) < 4.78 is 60.6. The van der Waals surface area contributed by atoms with E-state index in [1.165, 1.54) is 54.9 Å². The molecule has 0 amide bonds. The summed E-state index contributed by atoms with van der Waals surface area (Å²) in [5.74, 6) is -2.70. The number of halogens is 4. The van der Waals surface area contributed by atoms with Crippen LogP contribution in [0.3, 0.4) is 0 Å². The lowest BCUT2D eigenvalue weighted by Gasteiger charge is -2.08. The highest BCUT2D eigenvalue weighted by Gasteiger charge is 2.09. The van der Waals surface area contributed by atoms with Gasteiger partial charge in [-0.2, -0.15) is 0 Å². The normalized spacial score (nSPS) is 10.7. The first-order valence-corrected chi connectivity index (χ1v) is 14.1. The molecule has 0 fully saturated rings. The van der Waals surface area contributed by atoms with E-state index >= 15 is 0 Å². The van der Waals surface area contributed by atoms with Crippen molar-refractivity contribution in [2.75, 3.05) is 18.6 Å². The van der Waals surface area contributed by atoms with E-state index in [1.807, 2.05) is 0 Å². The Morgan fingerprint density at radius 1 is 0.756 bits per heavy atom. The molecule has 0 aliphatic heterocycles. The lowest BCUT2D eigenvalue weighted by Crippen LogP contribution is -2.04. The first-order valence-electron chi connectivity index (χ1n) is 12.1. The summed E-state index contributed by atoms with van der Waals surface area (Å²) in [7, 11) is 1.34. The van der Waals surface area contributed by atoms with Gasteiger partial charge in [0, 0.05) is 61.5 Å². The predicted octanol–water partition coefficient (Wildman–Crippen LogP) is 5.64. The highest BCUT2D eigenvalue weighted by Crippen LogP contribution is 2.20. The van der Waals surface area contributed by atoms with Crippen molar-refractivity contribution in [2.24, 2.45) is 0 Å². The molecular weight excluding hydrogens is 584 g/mol. The number of thioether (sulfide) groups is 2. The van der Waals surface area contributed by atoms with Crippen LogP contribution in [0.15, 0.2) is 71.5 Å². The monoisotopic (exact) mass is 610 g/mol. The number of benzene rings is 2. The van der Waals surface area contributed by atoms with Crippen molar-refractivity contribution in [3.8, 4) is 0 Å². The molecule has 4 aromatic rings. The maximum Gasteiger partial charge on any atom is 0.306 e. The first-order chi connectivity index (χ1) is 19.6. The van der Waals surface area contributed by atoms with Crippen molar-refractivity contribution in [1.82, 2.24) is 19.1 Å². The van der Waals surface area contributed by atoms with E-state index in [0.717, 1.165) is 12.1 Å². The zero-order valence-electron chi connectivity index (χ0n) is 21.8. The van der Waals surface area contributed by atoms with Crippen molar-refractivity contribution in [3.63, 3.8) is 0 Å². The molecule has 0 aliphatic rings. The molecule has 218 valence electrons. The molecule has 0 aliphatic carbocycles. The Labute approximate surface area is 241 Å². The van der Waals surface area contributed by atoms with Gasteiger partial charge in [0.15, 0.2) is 10.3 Å². The molecule has 0 saturated heterocycles. The van der Waals surface area contributed by atoms with E-state index in [4.69, 9.17) is 5.11 Å². The molecule has 1 N–H and O–H groups in total. The van der Waals surface area contributed by atoms with Crippen LogP contribution in [0.25, 0.3) is 0 Å². The van der Waals surface area contributed by atoms with Crippen LogP contribution < -0.4 is 0 Å². The molecular formula is C27H26F4N4O4S2. The van der Waals surface area contributed by atoms with Crippen LogP contribution in [-0.4, -0.2) is 54.8 Å². The highest BCUT2D eigenvalue weighted by atomic mass is 32.2. The lowest BCUT2D eigenvalue weighted by atomic mass is 10.2. The minimum absolute atomic E-state index is 0.0338. The maximum atomic E-state index is 13.2. The van der Waals surface area contributed by atoms with Gasteiger partial charge in [0.25, 0.3) is 0 Å². The van der Waals surface area contributed by atoms with E-state index < -0.39 is 29.2 Å². The fraction of sp³-hybridized carbons (Fsp3) is 0.259. The third-order valence-corrected chi connectivity index (χ3v) is 7.23. The average molecular weight is 611 g/mol. The number of carboxylic acids is 1. The van der Waals surface area contributed by atoms with Gasteiger partial charge in [0.2, 0.25) is 0 Å². The number of carbonyl (C=O) groups excluding carboxylic acids is 1. The number of ether oxygens (including phenoxy) is 1. The number of hydrogen-bond acceptors (Lipinski definition) is 7. The number of carbonyl (C=O) groups is 2. The molecule has 0 unspecified atom stereocenters. The van der Waals surface area contributed by atoms with Crippen molar-refractivity contribution in [2.45, 2.75) is 36.2 Å². The minimum atomic E-state index is -0.872. The fourth-order valence-electron chi connectivity index (χ4n) is 3.47. The predicted molar refractivity (Wildman–Crippen MR) is 146 cm³/mol. The van der Waals surface area contributed by atoms with E-state index in [9.17, 15) is 27.2 Å². The zero-order valence-corrected chi connectivity index (χ0v) is 23.4. The number of hydrogen-bond donors (Lipinski definition) is 1. The number of imidazole rings is 2. The van der Waals surface area contributed by atoms with E-state index in [0.29, 0.717) is 39.5 Å². The van der Waals surface area contributed by atoms with E-state index in [-0.39, 0.29) is 25.4 Å². The number of esters is 1. The molecule has 2 aromatic heterocycles. The fourth-order valence-corrected chi connectivity index (χ4v) is 5.23. The highest BCUT2D eigenvalue weighted by molar-refractivity contribution is 7.99. The van der Waals surface area contributed by atoms with Gasteiger partial charge in [-0.15, -0.1) is 0 Å². The van der Waals surface area contributed by atoms with Crippen molar-refractivity contribution >= 4 is 35.5 Å². The topological polar surface area (TPSA) is 99.2 Å². The standard InChI is InChI=1S/C14H14F2N2O2S.C13H12F2N2O2S/c1-20-13(19)2-5-21-14-17-3-4-18(14)9-10-6-11(15)8-12(16)7-10;14-10-5-9(6-11(15)7-10)8-17-3-2-16-13(17)20-4-1-12(18)19/h3-4,6-8H,2,5,9H2,1H3;2-3,5-7H,1,4,8H2,(H,18,19).